The summed E-state index contributed by atoms with van der Waals surface area (Å²) in [6.07, 6.45) is 3.45. The third kappa shape index (κ3) is 2.22. The number of hydrogen-bond donors (Lipinski definition) is 1. The number of nitrogens with two attached hydrogens (primary N) is 1. The molecule has 0 bridgehead atoms. The van der Waals surface area contributed by atoms with Gasteiger partial charge in [-0.3, -0.25) is 0 Å². The van der Waals surface area contributed by atoms with Crippen LogP contribution >= 0.6 is 0 Å². The Morgan fingerprint density at radius 1 is 1.19 bits per heavy atom. The predicted octanol–water partition coefficient (Wildman–Crippen LogP) is 4.00. The van der Waals surface area contributed by atoms with E-state index < -0.39 is 0 Å². The molecule has 2 nitrogen and oxygen atoms in total. The summed E-state index contributed by atoms with van der Waals surface area (Å²) < 4.78 is 5.70. The fourth-order valence-electron chi connectivity index (χ4n) is 4.27. The fourth-order valence-corrected chi connectivity index (χ4v) is 4.27. The van der Waals surface area contributed by atoms with E-state index in [1.54, 1.807) is 7.11 Å². The Kier molecular flexibility index (Phi) is 3.45. The van der Waals surface area contributed by atoms with Crippen LogP contribution in [-0.4, -0.2) is 13.2 Å². The van der Waals surface area contributed by atoms with E-state index in [4.69, 9.17) is 10.5 Å². The molecule has 2 N–H and O–H groups in total. The Balaban J connectivity index is 2.07. The summed E-state index contributed by atoms with van der Waals surface area (Å²) >= 11 is 0. The van der Waals surface area contributed by atoms with Gasteiger partial charge in [-0.05, 0) is 41.4 Å². The topological polar surface area (TPSA) is 35.2 Å². The maximum atomic E-state index is 6.65. The molecule has 1 aromatic rings. The third-order valence-corrected chi connectivity index (χ3v) is 5.20. The average molecular weight is 283 g/mol. The minimum absolute atomic E-state index is 0.0512. The normalized spacial score (nSPS) is 30.9. The zero-order valence-corrected chi connectivity index (χ0v) is 13.4. The molecule has 0 aromatic heterocycles. The first-order valence-corrected chi connectivity index (χ1v) is 7.74. The highest BCUT2D eigenvalue weighted by Gasteiger charge is 2.47. The Bertz CT molecular complexity index is 597. The molecule has 2 aliphatic carbocycles. The Hall–Kier alpha value is -1.54. The molecule has 0 aliphatic heterocycles. The first-order valence-electron chi connectivity index (χ1n) is 7.74. The molecule has 3 rings (SSSR count). The average Bonchev–Trinajstić information content (AvgIpc) is 2.79. The van der Waals surface area contributed by atoms with Crippen molar-refractivity contribution in [2.75, 3.05) is 7.11 Å². The van der Waals surface area contributed by atoms with Gasteiger partial charge in [-0.25, -0.2) is 0 Å². The zero-order chi connectivity index (χ0) is 15.2. The van der Waals surface area contributed by atoms with Gasteiger partial charge in [-0.1, -0.05) is 50.3 Å². The first-order chi connectivity index (χ1) is 9.95. The van der Waals surface area contributed by atoms with Crippen molar-refractivity contribution >= 4 is 0 Å². The Morgan fingerprint density at radius 2 is 1.86 bits per heavy atom. The van der Waals surface area contributed by atoms with Crippen LogP contribution in [0.5, 0.6) is 0 Å². The van der Waals surface area contributed by atoms with Crippen LogP contribution in [-0.2, 0) is 4.74 Å². The lowest BCUT2D eigenvalue weighted by atomic mass is 9.70. The van der Waals surface area contributed by atoms with Gasteiger partial charge in [-0.2, -0.15) is 0 Å². The van der Waals surface area contributed by atoms with Crippen molar-refractivity contribution in [2.45, 2.75) is 39.2 Å². The number of rotatable bonds is 2. The molecule has 1 saturated carbocycles. The van der Waals surface area contributed by atoms with Crippen LogP contribution in [0.2, 0.25) is 0 Å². The van der Waals surface area contributed by atoms with Crippen LogP contribution in [0, 0.1) is 11.3 Å². The van der Waals surface area contributed by atoms with Crippen molar-refractivity contribution in [3.63, 3.8) is 0 Å². The summed E-state index contributed by atoms with van der Waals surface area (Å²) in [6.45, 7) is 6.76. The van der Waals surface area contributed by atoms with Gasteiger partial charge in [0.15, 0.2) is 0 Å². The minimum atomic E-state index is 0.0512. The molecule has 1 fully saturated rings. The number of benzene rings is 1. The van der Waals surface area contributed by atoms with Crippen LogP contribution in [0.15, 0.2) is 53.3 Å². The summed E-state index contributed by atoms with van der Waals surface area (Å²) in [5.41, 5.74) is 10.7. The standard InChI is InChI=1S/C19H25NO/c1-12-11-19(2,3)15-10-14(13-8-6-5-7-9-13)17(20)16(15)18(12)21-4/h5-9,11,14-15,17H,10,20H2,1-4H3. The second kappa shape index (κ2) is 5.03. The first kappa shape index (κ1) is 14.4. The number of allylic oxidation sites excluding steroid dienone is 2. The highest BCUT2D eigenvalue weighted by Crippen LogP contribution is 2.54. The van der Waals surface area contributed by atoms with Crippen molar-refractivity contribution < 1.29 is 4.74 Å². The second-order valence-electron chi connectivity index (χ2n) is 6.97. The molecule has 3 unspecified atom stereocenters. The predicted molar refractivity (Wildman–Crippen MR) is 86.8 cm³/mol. The summed E-state index contributed by atoms with van der Waals surface area (Å²) in [6, 6.07) is 10.7. The fraction of sp³-hybridized carbons (Fsp3) is 0.474. The van der Waals surface area contributed by atoms with E-state index in [9.17, 15) is 0 Å². The van der Waals surface area contributed by atoms with Crippen LogP contribution in [0.3, 0.4) is 0 Å². The van der Waals surface area contributed by atoms with Gasteiger partial charge in [0, 0.05) is 12.0 Å². The third-order valence-electron chi connectivity index (χ3n) is 5.20. The number of ether oxygens (including phenoxy) is 1. The van der Waals surface area contributed by atoms with E-state index in [-0.39, 0.29) is 11.5 Å². The van der Waals surface area contributed by atoms with E-state index in [0.29, 0.717) is 11.8 Å². The number of hydrogen-bond acceptors (Lipinski definition) is 2. The van der Waals surface area contributed by atoms with Gasteiger partial charge >= 0.3 is 0 Å². The van der Waals surface area contributed by atoms with Gasteiger partial charge < -0.3 is 10.5 Å². The smallest absolute Gasteiger partial charge is 0.122 e. The van der Waals surface area contributed by atoms with Crippen molar-refractivity contribution in [1.82, 2.24) is 0 Å². The summed E-state index contributed by atoms with van der Waals surface area (Å²) in [4.78, 5) is 0. The van der Waals surface area contributed by atoms with Crippen molar-refractivity contribution in [3.8, 4) is 0 Å². The largest absolute Gasteiger partial charge is 0.496 e. The highest BCUT2D eigenvalue weighted by atomic mass is 16.5. The molecule has 0 saturated heterocycles. The lowest BCUT2D eigenvalue weighted by Gasteiger charge is -2.36. The quantitative estimate of drug-likeness (QED) is 0.890. The Morgan fingerprint density at radius 3 is 2.48 bits per heavy atom. The summed E-state index contributed by atoms with van der Waals surface area (Å²) in [5.74, 6) is 1.87. The molecule has 1 aromatic carbocycles. The molecular formula is C19H25NO. The van der Waals surface area contributed by atoms with E-state index in [2.05, 4.69) is 57.2 Å². The van der Waals surface area contributed by atoms with Crippen molar-refractivity contribution in [1.29, 1.82) is 0 Å². The van der Waals surface area contributed by atoms with Gasteiger partial charge in [0.25, 0.3) is 0 Å². The highest BCUT2D eigenvalue weighted by molar-refractivity contribution is 5.45. The molecule has 0 radical (unpaired) electrons. The van der Waals surface area contributed by atoms with Gasteiger partial charge in [0.1, 0.15) is 5.76 Å². The molecule has 21 heavy (non-hydrogen) atoms. The van der Waals surface area contributed by atoms with E-state index in [1.165, 1.54) is 16.7 Å². The van der Waals surface area contributed by atoms with E-state index >= 15 is 0 Å². The van der Waals surface area contributed by atoms with Crippen molar-refractivity contribution in [2.24, 2.45) is 17.1 Å². The lowest BCUT2D eigenvalue weighted by molar-refractivity contribution is 0.255. The molecule has 0 amide bonds. The molecule has 0 heterocycles. The monoisotopic (exact) mass is 283 g/mol. The van der Waals surface area contributed by atoms with Gasteiger partial charge in [0.05, 0.1) is 7.11 Å². The molecule has 2 aliphatic rings. The van der Waals surface area contributed by atoms with E-state index in [1.807, 2.05) is 0 Å². The van der Waals surface area contributed by atoms with Crippen LogP contribution in [0.1, 0.15) is 38.7 Å². The summed E-state index contributed by atoms with van der Waals surface area (Å²) in [7, 11) is 1.76. The number of fused-ring (bicyclic) bond motifs is 1. The minimum Gasteiger partial charge on any atom is -0.496 e. The summed E-state index contributed by atoms with van der Waals surface area (Å²) in [5, 5.41) is 0. The van der Waals surface area contributed by atoms with Gasteiger partial charge in [0.2, 0.25) is 0 Å². The van der Waals surface area contributed by atoms with Crippen LogP contribution in [0.4, 0.5) is 0 Å². The number of methoxy groups -OCH3 is 1. The zero-order valence-electron chi connectivity index (χ0n) is 13.4. The molecule has 3 atom stereocenters. The maximum absolute atomic E-state index is 6.65. The second-order valence-corrected chi connectivity index (χ2v) is 6.97. The van der Waals surface area contributed by atoms with Crippen molar-refractivity contribution in [3.05, 3.63) is 58.9 Å². The molecule has 112 valence electrons. The lowest BCUT2D eigenvalue weighted by Crippen LogP contribution is -2.32. The molecule has 0 spiro atoms. The van der Waals surface area contributed by atoms with Crippen LogP contribution < -0.4 is 5.73 Å². The van der Waals surface area contributed by atoms with E-state index in [0.717, 1.165) is 12.2 Å². The Labute approximate surface area is 127 Å². The SMILES string of the molecule is COC1=C2C(N)C(c3ccccc3)CC2C(C)(C)C=C1C. The van der Waals surface area contributed by atoms with Gasteiger partial charge in [-0.15, -0.1) is 0 Å². The molecule has 2 heteroatoms. The maximum Gasteiger partial charge on any atom is 0.122 e. The molecular weight excluding hydrogens is 258 g/mol. The van der Waals surface area contributed by atoms with Crippen LogP contribution in [0.25, 0.3) is 0 Å².